The van der Waals surface area contributed by atoms with Crippen molar-refractivity contribution in [2.75, 3.05) is 11.5 Å². The number of carbonyl (C=O) groups is 4. The summed E-state index contributed by atoms with van der Waals surface area (Å²) in [6.07, 6.45) is 2.91. The lowest BCUT2D eigenvalue weighted by atomic mass is 10.1. The Morgan fingerprint density at radius 2 is 1.19 bits per heavy atom. The molecule has 0 bridgehead atoms. The van der Waals surface area contributed by atoms with Crippen molar-refractivity contribution in [1.82, 2.24) is 10.6 Å². The monoisotopic (exact) mass is 632 g/mol. The highest BCUT2D eigenvalue weighted by Gasteiger charge is 2.27. The summed E-state index contributed by atoms with van der Waals surface area (Å²) < 4.78 is 10.7. The fourth-order valence-corrected chi connectivity index (χ4v) is 5.66. The first-order valence-corrected chi connectivity index (χ1v) is 17.0. The Morgan fingerprint density at radius 1 is 0.744 bits per heavy atom. The molecule has 2 aromatic carbocycles. The third-order valence-electron chi connectivity index (χ3n) is 5.34. The molecule has 0 spiro atoms. The topological polar surface area (TPSA) is 111 Å². The molecule has 0 aliphatic rings. The molecule has 0 saturated heterocycles. The Morgan fingerprint density at radius 3 is 1.63 bits per heavy atom. The van der Waals surface area contributed by atoms with Gasteiger partial charge >= 0.3 is 11.9 Å². The molecule has 2 amide bonds. The molecular formula is C33H48N2O6S2. The molecule has 0 aliphatic heterocycles. The number of esters is 2. The molecule has 8 nitrogen and oxygen atoms in total. The van der Waals surface area contributed by atoms with Crippen molar-refractivity contribution in [2.45, 2.75) is 97.4 Å². The van der Waals surface area contributed by atoms with E-state index in [1.165, 1.54) is 0 Å². The van der Waals surface area contributed by atoms with E-state index in [0.717, 1.165) is 29.1 Å². The van der Waals surface area contributed by atoms with E-state index in [9.17, 15) is 19.2 Å². The van der Waals surface area contributed by atoms with E-state index in [1.54, 1.807) is 42.4 Å². The van der Waals surface area contributed by atoms with Crippen molar-refractivity contribution in [2.24, 2.45) is 0 Å². The first kappa shape index (κ1) is 38.0. The van der Waals surface area contributed by atoms with E-state index in [1.807, 2.05) is 81.4 Å². The van der Waals surface area contributed by atoms with Gasteiger partial charge in [-0.3, -0.25) is 9.59 Å². The van der Waals surface area contributed by atoms with Gasteiger partial charge in [0.05, 0.1) is 0 Å². The molecule has 0 saturated carbocycles. The summed E-state index contributed by atoms with van der Waals surface area (Å²) in [5.41, 5.74) is 0.828. The van der Waals surface area contributed by atoms with Gasteiger partial charge in [-0.1, -0.05) is 89.2 Å². The van der Waals surface area contributed by atoms with Crippen LogP contribution in [0.4, 0.5) is 0 Å². The van der Waals surface area contributed by atoms with Crippen LogP contribution in [0.15, 0.2) is 60.7 Å². The van der Waals surface area contributed by atoms with Gasteiger partial charge in [-0.25, -0.2) is 9.59 Å². The Labute approximate surface area is 265 Å². The van der Waals surface area contributed by atoms with Gasteiger partial charge in [0.15, 0.2) is 0 Å². The second kappa shape index (κ2) is 20.1. The molecule has 0 aliphatic carbocycles. The molecule has 2 rings (SSSR count). The quantitative estimate of drug-likeness (QED) is 0.108. The largest absolute Gasteiger partial charge is 0.458 e. The average Bonchev–Trinajstić information content (AvgIpc) is 2.92. The summed E-state index contributed by atoms with van der Waals surface area (Å²) in [5.74, 6) is 0.900. The lowest BCUT2D eigenvalue weighted by molar-refractivity contribution is -0.159. The molecular weight excluding hydrogens is 585 g/mol. The van der Waals surface area contributed by atoms with Crippen LogP contribution in [-0.2, 0) is 41.5 Å². The number of amides is 2. The van der Waals surface area contributed by atoms with Crippen LogP contribution in [-0.4, -0.2) is 59.0 Å². The fraction of sp³-hybridized carbons (Fsp3) is 0.515. The zero-order chi connectivity index (χ0) is 32.3. The predicted octanol–water partition coefficient (Wildman–Crippen LogP) is 5.92. The molecule has 0 aromatic heterocycles. The maximum absolute atomic E-state index is 12.5. The summed E-state index contributed by atoms with van der Waals surface area (Å²) in [4.78, 5) is 47.1. The van der Waals surface area contributed by atoms with Gasteiger partial charge in [0.2, 0.25) is 12.3 Å². The lowest BCUT2D eigenvalue weighted by Gasteiger charge is -2.24. The second-order valence-corrected chi connectivity index (χ2v) is 14.5. The van der Waals surface area contributed by atoms with Crippen molar-refractivity contribution in [1.29, 1.82) is 0 Å². The number of rotatable bonds is 15. The van der Waals surface area contributed by atoms with Gasteiger partial charge in [-0.15, -0.1) is 0 Å². The Kier molecular flexibility index (Phi) is 17.8. The van der Waals surface area contributed by atoms with E-state index < -0.39 is 35.2 Å². The minimum atomic E-state index is -0.664. The molecule has 0 heterocycles. The number of nitrogens with one attached hydrogen (secondary N) is 2. The van der Waals surface area contributed by atoms with Crippen molar-refractivity contribution < 1.29 is 28.7 Å². The zero-order valence-electron chi connectivity index (χ0n) is 26.5. The Hall–Kier alpha value is -2.98. The number of ether oxygens (including phenoxy) is 2. The van der Waals surface area contributed by atoms with Crippen LogP contribution >= 0.6 is 21.6 Å². The van der Waals surface area contributed by atoms with Crippen LogP contribution in [0, 0.1) is 0 Å². The summed E-state index contributed by atoms with van der Waals surface area (Å²) in [5, 5.41) is 5.34. The minimum Gasteiger partial charge on any atom is -0.458 e. The molecule has 0 radical (unpaired) electrons. The predicted molar refractivity (Wildman–Crippen MR) is 177 cm³/mol. The van der Waals surface area contributed by atoms with Crippen LogP contribution in [0.1, 0.15) is 72.4 Å². The third kappa shape index (κ3) is 19.0. The first-order valence-electron chi connectivity index (χ1n) is 14.5. The minimum absolute atomic E-state index is 0.114. The number of benzene rings is 2. The highest BCUT2D eigenvalue weighted by molar-refractivity contribution is 8.76. The third-order valence-corrected chi connectivity index (χ3v) is 7.95. The smallest absolute Gasteiger partial charge is 0.329 e. The normalized spacial score (nSPS) is 12.5. The molecule has 43 heavy (non-hydrogen) atoms. The second-order valence-electron chi connectivity index (χ2n) is 11.8. The summed E-state index contributed by atoms with van der Waals surface area (Å²) in [6, 6.07) is 17.8. The van der Waals surface area contributed by atoms with Crippen LogP contribution in [0.5, 0.6) is 0 Å². The van der Waals surface area contributed by atoms with E-state index >= 15 is 0 Å². The molecule has 10 heteroatoms. The van der Waals surface area contributed by atoms with Crippen molar-refractivity contribution in [3.63, 3.8) is 0 Å². The van der Waals surface area contributed by atoms with E-state index in [-0.39, 0.29) is 5.91 Å². The van der Waals surface area contributed by atoms with E-state index in [2.05, 4.69) is 17.6 Å². The van der Waals surface area contributed by atoms with Crippen LogP contribution in [0.3, 0.4) is 0 Å². The molecule has 2 aromatic rings. The number of carbonyl (C=O) groups excluding carboxylic acids is 4. The molecule has 2 N–H and O–H groups in total. The molecule has 2 atom stereocenters. The maximum atomic E-state index is 12.5. The highest BCUT2D eigenvalue weighted by atomic mass is 33.1. The first-order chi connectivity index (χ1) is 20.2. The number of hydrogen-bond acceptors (Lipinski definition) is 8. The van der Waals surface area contributed by atoms with Crippen LogP contribution < -0.4 is 10.6 Å². The van der Waals surface area contributed by atoms with Crippen molar-refractivity contribution in [3.05, 3.63) is 71.8 Å². The van der Waals surface area contributed by atoms with Gasteiger partial charge in [0, 0.05) is 30.8 Å². The summed E-state index contributed by atoms with van der Waals surface area (Å²) in [7, 11) is 3.47. The summed E-state index contributed by atoms with van der Waals surface area (Å²) in [6.45, 7) is 13.0. The molecule has 0 fully saturated rings. The Balaban J connectivity index is 0.000000453. The summed E-state index contributed by atoms with van der Waals surface area (Å²) >= 11 is 0. The molecule has 238 valence electrons. The highest BCUT2D eigenvalue weighted by Crippen LogP contribution is 2.22. The van der Waals surface area contributed by atoms with E-state index in [0.29, 0.717) is 25.7 Å². The van der Waals surface area contributed by atoms with Gasteiger partial charge < -0.3 is 20.1 Å². The number of hydrogen-bond donors (Lipinski definition) is 2. The Bertz CT molecular complexity index is 1100. The van der Waals surface area contributed by atoms with Crippen molar-refractivity contribution >= 4 is 45.8 Å². The van der Waals surface area contributed by atoms with Gasteiger partial charge in [-0.2, -0.15) is 0 Å². The SMILES string of the molecule is CC(C)(C)OC(=O)C(Cc1ccccc1)NC=O.CCCSSCCC(=O)NC(Cc1ccccc1)C(=O)OC(C)(C)C. The van der Waals surface area contributed by atoms with E-state index in [4.69, 9.17) is 9.47 Å². The van der Waals surface area contributed by atoms with Crippen LogP contribution in [0.2, 0.25) is 0 Å². The van der Waals surface area contributed by atoms with Crippen molar-refractivity contribution in [3.8, 4) is 0 Å². The van der Waals surface area contributed by atoms with Gasteiger partial charge in [-0.05, 0) is 59.1 Å². The lowest BCUT2D eigenvalue weighted by Crippen LogP contribution is -2.45. The molecule has 2 unspecified atom stereocenters. The zero-order valence-corrected chi connectivity index (χ0v) is 28.1. The van der Waals surface area contributed by atoms with Gasteiger partial charge in [0.1, 0.15) is 23.3 Å². The average molecular weight is 633 g/mol. The maximum Gasteiger partial charge on any atom is 0.329 e. The fourth-order valence-electron chi connectivity index (χ4n) is 3.53. The van der Waals surface area contributed by atoms with Crippen LogP contribution in [0.25, 0.3) is 0 Å². The van der Waals surface area contributed by atoms with Gasteiger partial charge in [0.25, 0.3) is 0 Å². The standard InChI is InChI=1S/C19H29NO3S2.C14H19NO3/c1-5-12-24-25-13-11-17(21)20-16(18(22)23-19(2,3)4)14-15-9-7-6-8-10-15;1-14(2,3)18-13(17)12(15-10-16)9-11-7-5-4-6-8-11/h6-10,16H,5,11-14H2,1-4H3,(H,20,21);4-8,10,12H,9H2,1-3H3,(H,15,16).